The molecule has 0 bridgehead atoms. The van der Waals surface area contributed by atoms with Gasteiger partial charge in [-0.25, -0.2) is 6.57 Å². The van der Waals surface area contributed by atoms with Gasteiger partial charge >= 0.3 is 0 Å². The minimum atomic E-state index is -0.168. The zero-order valence-electron chi connectivity index (χ0n) is 14.8. The minimum Gasteiger partial charge on any atom is -0.310 e. The highest BCUT2D eigenvalue weighted by Crippen LogP contribution is 2.66. The average molecular weight is 297 g/mol. The molecular formula is C21H31N. The lowest BCUT2D eigenvalue weighted by Gasteiger charge is -2.61. The molecule has 0 saturated heterocycles. The number of allylic oxidation sites excluding steroid dienone is 3. The van der Waals surface area contributed by atoms with Crippen molar-refractivity contribution in [1.82, 2.24) is 0 Å². The Morgan fingerprint density at radius 2 is 2.05 bits per heavy atom. The Morgan fingerprint density at radius 1 is 1.32 bits per heavy atom. The van der Waals surface area contributed by atoms with Gasteiger partial charge in [-0.2, -0.15) is 0 Å². The average Bonchev–Trinajstić information content (AvgIpc) is 2.46. The molecule has 22 heavy (non-hydrogen) atoms. The van der Waals surface area contributed by atoms with Crippen LogP contribution in [0.25, 0.3) is 4.85 Å². The third-order valence-electron chi connectivity index (χ3n) is 7.33. The van der Waals surface area contributed by atoms with E-state index in [1.165, 1.54) is 37.7 Å². The van der Waals surface area contributed by atoms with E-state index in [2.05, 4.69) is 45.2 Å². The van der Waals surface area contributed by atoms with E-state index in [9.17, 15) is 0 Å². The van der Waals surface area contributed by atoms with Crippen LogP contribution in [-0.2, 0) is 0 Å². The number of hydrogen-bond donors (Lipinski definition) is 0. The Balaban J connectivity index is 2.20. The first-order valence-corrected chi connectivity index (χ1v) is 9.07. The van der Waals surface area contributed by atoms with Gasteiger partial charge in [0.05, 0.1) is 0 Å². The van der Waals surface area contributed by atoms with Crippen molar-refractivity contribution < 1.29 is 0 Å². The molecule has 120 valence electrons. The summed E-state index contributed by atoms with van der Waals surface area (Å²) in [4.78, 5) is 4.18. The van der Waals surface area contributed by atoms with Crippen LogP contribution >= 0.6 is 0 Å². The summed E-state index contributed by atoms with van der Waals surface area (Å²) in [7, 11) is 0. The number of nitrogens with zero attached hydrogens (tertiary/aromatic N) is 1. The Labute approximate surface area is 136 Å². The van der Waals surface area contributed by atoms with E-state index >= 15 is 0 Å². The first kappa shape index (κ1) is 15.9. The number of rotatable bonds is 1. The first-order valence-electron chi connectivity index (χ1n) is 9.07. The highest BCUT2D eigenvalue weighted by Gasteiger charge is 2.64. The van der Waals surface area contributed by atoms with Gasteiger partial charge < -0.3 is 4.85 Å². The van der Waals surface area contributed by atoms with Crippen LogP contribution in [0.2, 0.25) is 0 Å². The van der Waals surface area contributed by atoms with Gasteiger partial charge in [-0.1, -0.05) is 30.7 Å². The molecule has 0 N–H and O–H groups in total. The van der Waals surface area contributed by atoms with Crippen molar-refractivity contribution in [3.05, 3.63) is 35.2 Å². The van der Waals surface area contributed by atoms with Gasteiger partial charge in [-0.15, -0.1) is 0 Å². The monoisotopic (exact) mass is 297 g/mol. The highest BCUT2D eigenvalue weighted by molar-refractivity contribution is 5.30. The molecule has 1 heteroatoms. The lowest BCUT2D eigenvalue weighted by Crippen LogP contribution is -2.59. The maximum atomic E-state index is 7.88. The fourth-order valence-corrected chi connectivity index (χ4v) is 6.38. The summed E-state index contributed by atoms with van der Waals surface area (Å²) < 4.78 is 0. The summed E-state index contributed by atoms with van der Waals surface area (Å²) in [6, 6.07) is 0. The van der Waals surface area contributed by atoms with Crippen molar-refractivity contribution in [2.45, 2.75) is 71.8 Å². The predicted molar refractivity (Wildman–Crippen MR) is 93.3 cm³/mol. The molecule has 0 aromatic heterocycles. The Kier molecular flexibility index (Phi) is 3.79. The minimum absolute atomic E-state index is 0.168. The van der Waals surface area contributed by atoms with Crippen LogP contribution in [0.3, 0.4) is 0 Å². The summed E-state index contributed by atoms with van der Waals surface area (Å²) in [6.45, 7) is 21.5. The molecular weight excluding hydrogens is 266 g/mol. The molecule has 3 rings (SSSR count). The standard InChI is InChI=1S/C21H31N/c1-14(2)17-9-8-16(4)18-11-12-20(5,22-6)19-10-7-15(3)13-21(17,18)19/h13,16-19H,1,7-12H2,2-5H3/t16-,17-,18+,19-,20-,21-/m0/s1. The fraction of sp³-hybridized carbons (Fsp3) is 0.762. The van der Waals surface area contributed by atoms with Gasteiger partial charge in [0.15, 0.2) is 0 Å². The van der Waals surface area contributed by atoms with Crippen molar-refractivity contribution >= 4 is 0 Å². The van der Waals surface area contributed by atoms with Gasteiger partial charge in [0.1, 0.15) is 0 Å². The van der Waals surface area contributed by atoms with Gasteiger partial charge in [-0.05, 0) is 63.7 Å². The van der Waals surface area contributed by atoms with E-state index in [0.29, 0.717) is 11.8 Å². The van der Waals surface area contributed by atoms with Crippen molar-refractivity contribution in [2.75, 3.05) is 0 Å². The van der Waals surface area contributed by atoms with E-state index in [-0.39, 0.29) is 11.0 Å². The van der Waals surface area contributed by atoms with Crippen LogP contribution in [0.1, 0.15) is 66.2 Å². The van der Waals surface area contributed by atoms with Crippen LogP contribution < -0.4 is 0 Å². The Morgan fingerprint density at radius 3 is 2.68 bits per heavy atom. The summed E-state index contributed by atoms with van der Waals surface area (Å²) in [5.74, 6) is 2.63. The molecule has 0 aliphatic heterocycles. The van der Waals surface area contributed by atoms with Crippen molar-refractivity contribution in [3.63, 3.8) is 0 Å². The summed E-state index contributed by atoms with van der Waals surface area (Å²) >= 11 is 0. The van der Waals surface area contributed by atoms with Gasteiger partial charge in [0.25, 0.3) is 0 Å². The third kappa shape index (κ3) is 2.03. The molecule has 1 spiro atoms. The van der Waals surface area contributed by atoms with Crippen LogP contribution in [-0.4, -0.2) is 5.54 Å². The van der Waals surface area contributed by atoms with Crippen molar-refractivity contribution in [2.24, 2.45) is 29.1 Å². The van der Waals surface area contributed by atoms with Crippen LogP contribution in [0.5, 0.6) is 0 Å². The second-order valence-corrected chi connectivity index (χ2v) is 8.65. The summed E-state index contributed by atoms with van der Waals surface area (Å²) in [5, 5.41) is 0. The predicted octanol–water partition coefficient (Wildman–Crippen LogP) is 6.04. The molecule has 3 aliphatic rings. The molecule has 2 fully saturated rings. The molecule has 0 aromatic rings. The van der Waals surface area contributed by atoms with Crippen LogP contribution in [0, 0.1) is 35.7 Å². The third-order valence-corrected chi connectivity index (χ3v) is 7.33. The van der Waals surface area contributed by atoms with E-state index in [1.54, 1.807) is 5.57 Å². The van der Waals surface area contributed by atoms with Gasteiger partial charge in [0, 0.05) is 24.7 Å². The highest BCUT2D eigenvalue weighted by atomic mass is 14.9. The van der Waals surface area contributed by atoms with Crippen LogP contribution in [0.4, 0.5) is 0 Å². The quantitative estimate of drug-likeness (QED) is 0.410. The maximum absolute atomic E-state index is 7.88. The zero-order chi connectivity index (χ0) is 16.1. The lowest BCUT2D eigenvalue weighted by molar-refractivity contribution is -0.0733. The molecule has 1 nitrogen and oxygen atoms in total. The smallest absolute Gasteiger partial charge is 0.233 e. The number of hydrogen-bond acceptors (Lipinski definition) is 0. The molecule has 0 heterocycles. The van der Waals surface area contributed by atoms with Gasteiger partial charge in [-0.3, -0.25) is 0 Å². The molecule has 0 aromatic carbocycles. The second kappa shape index (κ2) is 5.26. The maximum Gasteiger partial charge on any atom is 0.233 e. The molecule has 3 aliphatic carbocycles. The first-order chi connectivity index (χ1) is 10.3. The normalized spacial score (nSPS) is 47.7. The van der Waals surface area contributed by atoms with Crippen molar-refractivity contribution in [3.8, 4) is 0 Å². The fourth-order valence-electron chi connectivity index (χ4n) is 6.38. The Bertz CT molecular complexity index is 551. The van der Waals surface area contributed by atoms with E-state index in [4.69, 9.17) is 6.57 Å². The molecule has 6 atom stereocenters. The van der Waals surface area contributed by atoms with E-state index in [0.717, 1.165) is 18.3 Å². The molecule has 0 radical (unpaired) electrons. The zero-order valence-corrected chi connectivity index (χ0v) is 14.8. The SMILES string of the molecule is [C-]#[N+][C@@]1(C)CC[C@@H]2[C@@H](C)CC[C@@H](C(=C)C)[C@@]23C=C(C)CC[C@H]31. The van der Waals surface area contributed by atoms with E-state index < -0.39 is 0 Å². The molecule has 0 amide bonds. The molecule has 0 unspecified atom stereocenters. The largest absolute Gasteiger partial charge is 0.310 e. The van der Waals surface area contributed by atoms with Crippen molar-refractivity contribution in [1.29, 1.82) is 0 Å². The van der Waals surface area contributed by atoms with Crippen LogP contribution in [0.15, 0.2) is 23.8 Å². The topological polar surface area (TPSA) is 4.36 Å². The van der Waals surface area contributed by atoms with E-state index in [1.807, 2.05) is 0 Å². The van der Waals surface area contributed by atoms with Gasteiger partial charge in [0.2, 0.25) is 5.54 Å². The Hall–Kier alpha value is -1.03. The lowest BCUT2D eigenvalue weighted by atomic mass is 9.41. The summed E-state index contributed by atoms with van der Waals surface area (Å²) in [6.07, 6.45) is 9.93. The summed E-state index contributed by atoms with van der Waals surface area (Å²) in [5.41, 5.74) is 2.94. The second-order valence-electron chi connectivity index (χ2n) is 8.65. The molecule has 2 saturated carbocycles.